The summed E-state index contributed by atoms with van der Waals surface area (Å²) in [5, 5.41) is 11.3. The molecule has 0 saturated carbocycles. The van der Waals surface area contributed by atoms with Crippen LogP contribution in [0.1, 0.15) is 10.5 Å². The molecule has 0 atom stereocenters. The van der Waals surface area contributed by atoms with E-state index in [1.54, 1.807) is 0 Å². The lowest BCUT2D eigenvalue weighted by Gasteiger charge is -2.05. The summed E-state index contributed by atoms with van der Waals surface area (Å²) in [6.07, 6.45) is 0. The molecule has 1 aromatic heterocycles. The van der Waals surface area contributed by atoms with Gasteiger partial charge in [0.2, 0.25) is 5.28 Å². The fraction of sp³-hybridized carbons (Fsp3) is 0.375. The lowest BCUT2D eigenvalue weighted by molar-refractivity contribution is 0.0594. The van der Waals surface area contributed by atoms with E-state index in [0.29, 0.717) is 12.4 Å². The molecule has 1 rings (SSSR count). The van der Waals surface area contributed by atoms with E-state index < -0.39 is 5.97 Å². The third-order valence-electron chi connectivity index (χ3n) is 1.51. The average molecular weight is 232 g/mol. The van der Waals surface area contributed by atoms with Crippen LogP contribution in [-0.2, 0) is 4.74 Å². The number of aromatic nitrogens is 2. The summed E-state index contributed by atoms with van der Waals surface area (Å²) < 4.78 is 4.49. The first kappa shape index (κ1) is 11.7. The van der Waals surface area contributed by atoms with Crippen LogP contribution < -0.4 is 5.32 Å². The van der Waals surface area contributed by atoms with Crippen LogP contribution in [0, 0.1) is 0 Å². The van der Waals surface area contributed by atoms with Crippen molar-refractivity contribution in [2.75, 3.05) is 25.6 Å². The quantitative estimate of drug-likeness (QED) is 0.574. The number of rotatable bonds is 4. The maximum atomic E-state index is 11.1. The number of aliphatic hydroxyl groups excluding tert-OH is 1. The van der Waals surface area contributed by atoms with Gasteiger partial charge in [0.15, 0.2) is 5.69 Å². The second-order valence-corrected chi connectivity index (χ2v) is 2.89. The van der Waals surface area contributed by atoms with Crippen LogP contribution >= 0.6 is 11.6 Å². The van der Waals surface area contributed by atoms with Crippen molar-refractivity contribution in [2.24, 2.45) is 0 Å². The summed E-state index contributed by atoms with van der Waals surface area (Å²) in [4.78, 5) is 18.6. The van der Waals surface area contributed by atoms with Crippen LogP contribution in [0.4, 0.5) is 5.82 Å². The minimum atomic E-state index is -0.591. The summed E-state index contributed by atoms with van der Waals surface area (Å²) in [5.41, 5.74) is 0.0675. The standard InChI is InChI=1S/C8H10ClN3O3/c1-15-7(14)5-4-6(10-2-3-13)12-8(9)11-5/h4,13H,2-3H2,1H3,(H,10,11,12). The van der Waals surface area contributed by atoms with E-state index in [9.17, 15) is 4.79 Å². The van der Waals surface area contributed by atoms with Crippen molar-refractivity contribution in [2.45, 2.75) is 0 Å². The molecule has 0 aliphatic carbocycles. The van der Waals surface area contributed by atoms with Crippen LogP contribution in [0.25, 0.3) is 0 Å². The first-order valence-corrected chi connectivity index (χ1v) is 4.53. The second kappa shape index (κ2) is 5.47. The lowest BCUT2D eigenvalue weighted by Crippen LogP contribution is -2.11. The van der Waals surface area contributed by atoms with Crippen molar-refractivity contribution in [3.8, 4) is 0 Å². The van der Waals surface area contributed by atoms with Crippen LogP contribution in [0.2, 0.25) is 5.28 Å². The molecule has 0 saturated heterocycles. The van der Waals surface area contributed by atoms with Gasteiger partial charge < -0.3 is 15.2 Å². The Kier molecular flexibility index (Phi) is 4.26. The Labute approximate surface area is 91.3 Å². The monoisotopic (exact) mass is 231 g/mol. The Morgan fingerprint density at radius 1 is 1.67 bits per heavy atom. The highest BCUT2D eigenvalue weighted by atomic mass is 35.5. The molecule has 0 bridgehead atoms. The van der Waals surface area contributed by atoms with Gasteiger partial charge in [0.25, 0.3) is 0 Å². The Bertz CT molecular complexity index is 359. The molecule has 82 valence electrons. The van der Waals surface area contributed by atoms with Gasteiger partial charge in [0.1, 0.15) is 5.82 Å². The molecule has 0 unspecified atom stereocenters. The molecule has 2 N–H and O–H groups in total. The van der Waals surface area contributed by atoms with Gasteiger partial charge in [-0.3, -0.25) is 0 Å². The predicted molar refractivity (Wildman–Crippen MR) is 54.0 cm³/mol. The normalized spacial score (nSPS) is 9.80. The maximum absolute atomic E-state index is 11.1. The first-order valence-electron chi connectivity index (χ1n) is 4.15. The second-order valence-electron chi connectivity index (χ2n) is 2.55. The number of esters is 1. The summed E-state index contributed by atoms with van der Waals surface area (Å²) in [6.45, 7) is 0.267. The number of aliphatic hydroxyl groups is 1. The van der Waals surface area contributed by atoms with Crippen LogP contribution in [0.15, 0.2) is 6.07 Å². The first-order chi connectivity index (χ1) is 7.17. The summed E-state index contributed by atoms with van der Waals surface area (Å²) in [6, 6.07) is 1.40. The van der Waals surface area contributed by atoms with Gasteiger partial charge in [0.05, 0.1) is 13.7 Å². The van der Waals surface area contributed by atoms with Crippen molar-refractivity contribution >= 4 is 23.4 Å². The molecule has 0 radical (unpaired) electrons. The van der Waals surface area contributed by atoms with E-state index >= 15 is 0 Å². The topological polar surface area (TPSA) is 84.3 Å². The van der Waals surface area contributed by atoms with Gasteiger partial charge in [-0.2, -0.15) is 0 Å². The van der Waals surface area contributed by atoms with Gasteiger partial charge >= 0.3 is 5.97 Å². The summed E-state index contributed by atoms with van der Waals surface area (Å²) >= 11 is 5.60. The fourth-order valence-electron chi connectivity index (χ4n) is 0.902. The highest BCUT2D eigenvalue weighted by molar-refractivity contribution is 6.28. The predicted octanol–water partition coefficient (Wildman–Crippen LogP) is 0.321. The largest absolute Gasteiger partial charge is 0.464 e. The number of carbonyl (C=O) groups excluding carboxylic acids is 1. The highest BCUT2D eigenvalue weighted by Crippen LogP contribution is 2.10. The highest BCUT2D eigenvalue weighted by Gasteiger charge is 2.10. The zero-order valence-corrected chi connectivity index (χ0v) is 8.78. The molecule has 0 spiro atoms. The number of halogens is 1. The van der Waals surface area contributed by atoms with Crippen molar-refractivity contribution in [3.05, 3.63) is 17.0 Å². The third kappa shape index (κ3) is 3.34. The van der Waals surface area contributed by atoms with E-state index in [-0.39, 0.29) is 17.6 Å². The van der Waals surface area contributed by atoms with E-state index in [1.165, 1.54) is 13.2 Å². The molecule has 15 heavy (non-hydrogen) atoms. The third-order valence-corrected chi connectivity index (χ3v) is 1.68. The molecular weight excluding hydrogens is 222 g/mol. The van der Waals surface area contributed by atoms with Crippen LogP contribution in [0.5, 0.6) is 0 Å². The maximum Gasteiger partial charge on any atom is 0.356 e. The number of nitrogens with zero attached hydrogens (tertiary/aromatic N) is 2. The van der Waals surface area contributed by atoms with Crippen molar-refractivity contribution in [3.63, 3.8) is 0 Å². The SMILES string of the molecule is COC(=O)c1cc(NCCO)nc(Cl)n1. The van der Waals surface area contributed by atoms with Crippen molar-refractivity contribution < 1.29 is 14.6 Å². The number of methoxy groups -OCH3 is 1. The van der Waals surface area contributed by atoms with Crippen LogP contribution in [-0.4, -0.2) is 41.3 Å². The molecular formula is C8H10ClN3O3. The minimum absolute atomic E-state index is 0.0464. The van der Waals surface area contributed by atoms with Gasteiger partial charge in [0, 0.05) is 12.6 Å². The smallest absolute Gasteiger partial charge is 0.356 e. The fourth-order valence-corrected chi connectivity index (χ4v) is 1.08. The number of ether oxygens (including phenoxy) is 1. The number of hydrogen-bond acceptors (Lipinski definition) is 6. The van der Waals surface area contributed by atoms with Crippen molar-refractivity contribution in [1.29, 1.82) is 0 Å². The van der Waals surface area contributed by atoms with E-state index in [2.05, 4.69) is 20.0 Å². The molecule has 0 aromatic carbocycles. The van der Waals surface area contributed by atoms with Crippen molar-refractivity contribution in [1.82, 2.24) is 9.97 Å². The lowest BCUT2D eigenvalue weighted by atomic mass is 10.4. The molecule has 7 heteroatoms. The number of anilines is 1. The van der Waals surface area contributed by atoms with E-state index in [4.69, 9.17) is 16.7 Å². The molecule has 1 aromatic rings. The number of nitrogens with one attached hydrogen (secondary N) is 1. The van der Waals surface area contributed by atoms with Gasteiger partial charge in [-0.25, -0.2) is 14.8 Å². The average Bonchev–Trinajstić information content (AvgIpc) is 2.24. The van der Waals surface area contributed by atoms with Gasteiger partial charge in [-0.15, -0.1) is 0 Å². The Balaban J connectivity index is 2.89. The van der Waals surface area contributed by atoms with E-state index in [0.717, 1.165) is 0 Å². The molecule has 0 aliphatic heterocycles. The minimum Gasteiger partial charge on any atom is -0.464 e. The molecule has 0 fully saturated rings. The zero-order valence-electron chi connectivity index (χ0n) is 8.03. The van der Waals surface area contributed by atoms with Crippen LogP contribution in [0.3, 0.4) is 0 Å². The molecule has 6 nitrogen and oxygen atoms in total. The molecule has 0 amide bonds. The Morgan fingerprint density at radius 3 is 3.00 bits per heavy atom. The van der Waals surface area contributed by atoms with E-state index in [1.807, 2.05) is 0 Å². The van der Waals surface area contributed by atoms with Gasteiger partial charge in [-0.1, -0.05) is 0 Å². The molecule has 0 aliphatic rings. The number of hydrogen-bond donors (Lipinski definition) is 2. The van der Waals surface area contributed by atoms with Gasteiger partial charge in [-0.05, 0) is 11.6 Å². The zero-order chi connectivity index (χ0) is 11.3. The summed E-state index contributed by atoms with van der Waals surface area (Å²) in [5.74, 6) is -0.226. The molecule has 1 heterocycles. The number of carbonyl (C=O) groups is 1. The Morgan fingerprint density at radius 2 is 2.40 bits per heavy atom. The summed E-state index contributed by atoms with van der Waals surface area (Å²) in [7, 11) is 1.25. The Hall–Kier alpha value is -1.40.